The van der Waals surface area contributed by atoms with E-state index < -0.39 is 0 Å². The first kappa shape index (κ1) is 19.6. The third-order valence-electron chi connectivity index (χ3n) is 5.55. The number of nitrogens with zero attached hydrogens (tertiary/aromatic N) is 2. The van der Waals surface area contributed by atoms with Crippen LogP contribution in [0.25, 0.3) is 44.3 Å². The Morgan fingerprint density at radius 2 is 1.68 bits per heavy atom. The summed E-state index contributed by atoms with van der Waals surface area (Å²) in [5.74, 6) is -0.265. The molecule has 6 aromatic rings. The molecule has 0 aliphatic heterocycles. The predicted octanol–water partition coefficient (Wildman–Crippen LogP) is 3.31. The molecule has 0 aliphatic carbocycles. The molecule has 6 rings (SSSR count). The minimum absolute atomic E-state index is 0. The molecule has 0 unspecified atom stereocenters. The summed E-state index contributed by atoms with van der Waals surface area (Å²) in [5.41, 5.74) is 5.75. The fraction of sp³-hybridized carbons (Fsp3) is 0. The molecule has 3 aromatic heterocycles. The Labute approximate surface area is 188 Å². The third kappa shape index (κ3) is 3.07. The second kappa shape index (κ2) is 7.41. The van der Waals surface area contributed by atoms with Crippen molar-refractivity contribution in [2.75, 3.05) is 0 Å². The number of para-hydroxylation sites is 1. The van der Waals surface area contributed by atoms with Crippen LogP contribution in [0, 0.1) is 5.82 Å². The van der Waals surface area contributed by atoms with Gasteiger partial charge >= 0.3 is 0 Å². The van der Waals surface area contributed by atoms with E-state index in [-0.39, 0.29) is 18.2 Å². The molecule has 6 heteroatoms. The smallest absolute Gasteiger partial charge is 0.254 e. The fourth-order valence-electron chi connectivity index (χ4n) is 4.22. The van der Waals surface area contributed by atoms with Crippen molar-refractivity contribution in [3.8, 4) is 16.9 Å². The third-order valence-corrected chi connectivity index (χ3v) is 5.80. The number of nitrogens with one attached hydrogen (secondary N) is 1. The Morgan fingerprint density at radius 3 is 2.48 bits per heavy atom. The van der Waals surface area contributed by atoms with Crippen LogP contribution in [0.5, 0.6) is 0 Å². The molecule has 3 nitrogen and oxygen atoms in total. The van der Waals surface area contributed by atoms with Crippen LogP contribution in [0.4, 0.5) is 4.39 Å². The van der Waals surface area contributed by atoms with Crippen LogP contribution >= 0.6 is 11.6 Å². The van der Waals surface area contributed by atoms with Crippen LogP contribution < -0.4 is 16.8 Å². The predicted molar refractivity (Wildman–Crippen MR) is 119 cm³/mol. The van der Waals surface area contributed by atoms with Crippen molar-refractivity contribution < 1.29 is 21.2 Å². The van der Waals surface area contributed by atoms with Gasteiger partial charge < -0.3 is 17.4 Å². The monoisotopic (exact) mass is 447 g/mol. The summed E-state index contributed by atoms with van der Waals surface area (Å²) in [6.07, 6.45) is 4.07. The van der Waals surface area contributed by atoms with Crippen molar-refractivity contribution in [3.63, 3.8) is 0 Å². The van der Waals surface area contributed by atoms with Crippen LogP contribution in [0.1, 0.15) is 0 Å². The van der Waals surface area contributed by atoms with E-state index in [9.17, 15) is 4.39 Å². The Hall–Kier alpha value is -3.34. The summed E-state index contributed by atoms with van der Waals surface area (Å²) >= 11 is 6.11. The van der Waals surface area contributed by atoms with Crippen LogP contribution in [0.2, 0.25) is 5.02 Å². The minimum Gasteiger partial charge on any atom is -1.00 e. The lowest BCUT2D eigenvalue weighted by Crippen LogP contribution is -3.00. The maximum absolute atomic E-state index is 14.2. The van der Waals surface area contributed by atoms with Crippen molar-refractivity contribution in [3.05, 3.63) is 102 Å². The molecular weight excluding hydrogens is 432 g/mol. The largest absolute Gasteiger partial charge is 1.00 e. The molecule has 31 heavy (non-hydrogen) atoms. The standard InChI is InChI=1S/C25H16ClFN3.ClH/c26-17-8-10-19(11-9-17)30-15-29-13-12-21-20-6-1-2-7-22(20)28-23(21)25(29)24(30)16-4-3-5-18(27)14-16;/h1-15,28H;1H/q+1;/p-1. The van der Waals surface area contributed by atoms with Crippen molar-refractivity contribution in [1.82, 2.24) is 9.55 Å². The van der Waals surface area contributed by atoms with Gasteiger partial charge in [0.1, 0.15) is 11.5 Å². The van der Waals surface area contributed by atoms with Crippen LogP contribution in [-0.2, 0) is 0 Å². The summed E-state index contributed by atoms with van der Waals surface area (Å²) in [6, 6.07) is 24.7. The first-order valence-corrected chi connectivity index (χ1v) is 10.0. The number of hydrogen-bond acceptors (Lipinski definition) is 0. The molecule has 3 heterocycles. The highest BCUT2D eigenvalue weighted by molar-refractivity contribution is 6.30. The zero-order chi connectivity index (χ0) is 20.2. The van der Waals surface area contributed by atoms with Gasteiger partial charge in [0.25, 0.3) is 6.33 Å². The molecule has 0 amide bonds. The second-order valence-corrected chi connectivity index (χ2v) is 7.79. The maximum Gasteiger partial charge on any atom is 0.254 e. The Bertz CT molecular complexity index is 1570. The summed E-state index contributed by atoms with van der Waals surface area (Å²) < 4.78 is 18.3. The molecule has 0 spiro atoms. The van der Waals surface area contributed by atoms with E-state index in [1.165, 1.54) is 11.5 Å². The van der Waals surface area contributed by atoms with Gasteiger partial charge in [-0.25, -0.2) is 4.39 Å². The van der Waals surface area contributed by atoms with Crippen molar-refractivity contribution in [2.45, 2.75) is 0 Å². The van der Waals surface area contributed by atoms with Gasteiger partial charge in [-0.05, 0) is 48.5 Å². The Morgan fingerprint density at radius 1 is 0.871 bits per heavy atom. The van der Waals surface area contributed by atoms with E-state index in [1.807, 2.05) is 55.0 Å². The number of aromatic amines is 1. The molecule has 1 N–H and O–H groups in total. The highest BCUT2D eigenvalue weighted by Crippen LogP contribution is 2.34. The van der Waals surface area contributed by atoms with E-state index in [2.05, 4.69) is 32.2 Å². The second-order valence-electron chi connectivity index (χ2n) is 7.35. The topological polar surface area (TPSA) is 24.8 Å². The van der Waals surface area contributed by atoms with E-state index in [4.69, 9.17) is 11.6 Å². The van der Waals surface area contributed by atoms with E-state index >= 15 is 0 Å². The quantitative estimate of drug-likeness (QED) is 0.394. The van der Waals surface area contributed by atoms with Crippen molar-refractivity contribution >= 4 is 38.9 Å². The lowest BCUT2D eigenvalue weighted by molar-refractivity contribution is -0.510. The lowest BCUT2D eigenvalue weighted by atomic mass is 10.1. The molecule has 0 radical (unpaired) electrons. The zero-order valence-corrected chi connectivity index (χ0v) is 17.7. The number of pyridine rings is 1. The number of halogens is 3. The van der Waals surface area contributed by atoms with E-state index in [0.717, 1.165) is 38.9 Å². The normalized spacial score (nSPS) is 11.3. The summed E-state index contributed by atoms with van der Waals surface area (Å²) in [5, 5.41) is 2.98. The summed E-state index contributed by atoms with van der Waals surface area (Å²) in [6.45, 7) is 0. The van der Waals surface area contributed by atoms with E-state index in [1.54, 1.807) is 12.1 Å². The SMILES string of the molecule is Fc1cccc(-c2c3c4[nH]c5ccccc5c4cc[n+]3cn2-c2ccc(Cl)cc2)c1.[Cl-]. The van der Waals surface area contributed by atoms with Gasteiger partial charge in [0.05, 0.1) is 11.7 Å². The number of H-pyrrole nitrogens is 1. The number of aromatic nitrogens is 3. The number of fused-ring (bicyclic) bond motifs is 5. The van der Waals surface area contributed by atoms with Crippen LogP contribution in [0.3, 0.4) is 0 Å². The first-order chi connectivity index (χ1) is 14.7. The Kier molecular flexibility index (Phi) is 4.69. The number of imidazole rings is 1. The highest BCUT2D eigenvalue weighted by Gasteiger charge is 2.25. The molecule has 0 aliphatic rings. The average molecular weight is 448 g/mol. The maximum atomic E-state index is 14.2. The Balaban J connectivity index is 0.00000204. The van der Waals surface area contributed by atoms with Gasteiger partial charge in [-0.15, -0.1) is 0 Å². The van der Waals surface area contributed by atoms with Gasteiger partial charge in [0, 0.05) is 26.9 Å². The molecule has 0 fully saturated rings. The summed E-state index contributed by atoms with van der Waals surface area (Å²) in [4.78, 5) is 3.57. The van der Waals surface area contributed by atoms with Gasteiger partial charge in [-0.3, -0.25) is 0 Å². The molecular formula is C25H16Cl2FN3. The highest BCUT2D eigenvalue weighted by atomic mass is 35.5. The molecule has 152 valence electrons. The lowest BCUT2D eigenvalue weighted by Gasteiger charge is -2.03. The van der Waals surface area contributed by atoms with Crippen molar-refractivity contribution in [2.24, 2.45) is 0 Å². The van der Waals surface area contributed by atoms with E-state index in [0.29, 0.717) is 5.02 Å². The number of hydrogen-bond donors (Lipinski definition) is 1. The van der Waals surface area contributed by atoms with Gasteiger partial charge in [-0.2, -0.15) is 8.97 Å². The van der Waals surface area contributed by atoms with Gasteiger partial charge in [-0.1, -0.05) is 41.9 Å². The molecule has 0 saturated carbocycles. The average Bonchev–Trinajstić information content (AvgIpc) is 3.33. The molecule has 0 saturated heterocycles. The minimum atomic E-state index is -0.265. The molecule has 0 bridgehead atoms. The van der Waals surface area contributed by atoms with Crippen molar-refractivity contribution in [1.29, 1.82) is 0 Å². The fourth-order valence-corrected chi connectivity index (χ4v) is 4.35. The summed E-state index contributed by atoms with van der Waals surface area (Å²) in [7, 11) is 0. The van der Waals surface area contributed by atoms with Gasteiger partial charge in [0.2, 0.25) is 5.52 Å². The number of benzene rings is 3. The number of rotatable bonds is 2. The van der Waals surface area contributed by atoms with Crippen LogP contribution in [-0.4, -0.2) is 9.55 Å². The first-order valence-electron chi connectivity index (χ1n) is 9.67. The zero-order valence-electron chi connectivity index (χ0n) is 16.2. The molecule has 3 aromatic carbocycles. The van der Waals surface area contributed by atoms with Gasteiger partial charge in [0.15, 0.2) is 5.69 Å². The molecule has 0 atom stereocenters. The van der Waals surface area contributed by atoms with Crippen LogP contribution in [0.15, 0.2) is 91.4 Å².